The molecule has 3 fully saturated rings. The molecule has 6 heteroatoms. The fourth-order valence-electron chi connectivity index (χ4n) is 4.25. The molecule has 0 aromatic heterocycles. The maximum atomic E-state index is 10.4. The maximum Gasteiger partial charge on any atom is 0.303 e. The van der Waals surface area contributed by atoms with E-state index < -0.39 is 18.2 Å². The molecule has 3 saturated carbocycles. The predicted molar refractivity (Wildman–Crippen MR) is 91.7 cm³/mol. The van der Waals surface area contributed by atoms with Gasteiger partial charge in [-0.3, -0.25) is 4.79 Å². The predicted octanol–water partition coefficient (Wildman–Crippen LogP) is 1.80. The number of aliphatic hydroxyl groups is 2. The number of hydrogen-bond donors (Lipinski definition) is 3. The van der Waals surface area contributed by atoms with Gasteiger partial charge in [0.15, 0.2) is 0 Å². The first-order valence-electron chi connectivity index (χ1n) is 9.34. The number of hydrogen-bond acceptors (Lipinski definition) is 5. The molecule has 6 nitrogen and oxygen atoms in total. The summed E-state index contributed by atoms with van der Waals surface area (Å²) < 4.78 is 0. The van der Waals surface area contributed by atoms with Crippen LogP contribution in [0, 0.1) is 35.5 Å². The molecule has 0 bridgehead atoms. The molecule has 5 unspecified atom stereocenters. The molecule has 0 saturated heterocycles. The zero-order valence-electron chi connectivity index (χ0n) is 14.4. The maximum absolute atomic E-state index is 10.4. The van der Waals surface area contributed by atoms with Crippen LogP contribution in [-0.4, -0.2) is 45.8 Å². The SMILES string of the molecule is O=C(O)CCCON=C1CC2C1CC(C#CC(O)C1CCCC1)C2O. The number of carboxylic acids is 1. The van der Waals surface area contributed by atoms with E-state index in [1.165, 1.54) is 12.8 Å². The first kappa shape index (κ1) is 18.2. The van der Waals surface area contributed by atoms with E-state index in [1.54, 1.807) is 0 Å². The Morgan fingerprint density at radius 3 is 2.84 bits per heavy atom. The van der Waals surface area contributed by atoms with Gasteiger partial charge in [-0.2, -0.15) is 0 Å². The number of rotatable bonds is 6. The molecule has 3 N–H and O–H groups in total. The number of carboxylic acid groups (broad SMARTS) is 1. The zero-order valence-corrected chi connectivity index (χ0v) is 14.4. The number of oxime groups is 1. The van der Waals surface area contributed by atoms with Crippen LogP contribution in [0.3, 0.4) is 0 Å². The third kappa shape index (κ3) is 4.34. The molecule has 3 aliphatic rings. The summed E-state index contributed by atoms with van der Waals surface area (Å²) in [6, 6.07) is 0. The van der Waals surface area contributed by atoms with E-state index in [2.05, 4.69) is 17.0 Å². The molecular formula is C19H27NO5. The van der Waals surface area contributed by atoms with E-state index in [0.29, 0.717) is 25.4 Å². The smallest absolute Gasteiger partial charge is 0.303 e. The average Bonchev–Trinajstić information content (AvgIpc) is 3.17. The second-order valence-electron chi connectivity index (χ2n) is 7.50. The average molecular weight is 349 g/mol. The fourth-order valence-corrected chi connectivity index (χ4v) is 4.25. The van der Waals surface area contributed by atoms with Crippen LogP contribution in [0.1, 0.15) is 51.4 Å². The summed E-state index contributed by atoms with van der Waals surface area (Å²) in [6.07, 6.45) is 5.40. The Hall–Kier alpha value is -1.58. The molecule has 0 aromatic carbocycles. The minimum Gasteiger partial charge on any atom is -0.481 e. The Kier molecular flexibility index (Phi) is 5.98. The second-order valence-corrected chi connectivity index (χ2v) is 7.50. The highest BCUT2D eigenvalue weighted by Gasteiger charge is 2.51. The first-order chi connectivity index (χ1) is 12.1. The third-order valence-electron chi connectivity index (χ3n) is 5.82. The van der Waals surface area contributed by atoms with Crippen molar-refractivity contribution >= 4 is 11.7 Å². The van der Waals surface area contributed by atoms with Crippen LogP contribution in [0.5, 0.6) is 0 Å². The summed E-state index contributed by atoms with van der Waals surface area (Å²) in [5, 5.41) is 33.2. The van der Waals surface area contributed by atoms with Crippen molar-refractivity contribution in [1.82, 2.24) is 0 Å². The zero-order chi connectivity index (χ0) is 17.8. The topological polar surface area (TPSA) is 99.4 Å². The molecule has 0 heterocycles. The molecule has 25 heavy (non-hydrogen) atoms. The van der Waals surface area contributed by atoms with Gasteiger partial charge in [0, 0.05) is 18.3 Å². The van der Waals surface area contributed by atoms with Gasteiger partial charge in [0.05, 0.1) is 11.8 Å². The fraction of sp³-hybridized carbons (Fsp3) is 0.789. The number of fused-ring (bicyclic) bond motifs is 1. The van der Waals surface area contributed by atoms with Crippen LogP contribution in [0.25, 0.3) is 0 Å². The van der Waals surface area contributed by atoms with Crippen LogP contribution in [-0.2, 0) is 9.63 Å². The normalized spacial score (nSPS) is 34.1. The summed E-state index contributed by atoms with van der Waals surface area (Å²) >= 11 is 0. The minimum atomic E-state index is -0.833. The van der Waals surface area contributed by atoms with Gasteiger partial charge in [-0.25, -0.2) is 0 Å². The van der Waals surface area contributed by atoms with Gasteiger partial charge in [0.1, 0.15) is 12.7 Å². The lowest BCUT2D eigenvalue weighted by Gasteiger charge is -2.33. The minimum absolute atomic E-state index is 0.0800. The molecule has 0 aromatic rings. The molecular weight excluding hydrogens is 322 g/mol. The standard InChI is InChI=1S/C19H27NO5/c21-17(12-4-1-2-5-12)8-7-13-10-14-15(19(13)24)11-16(14)20-25-9-3-6-18(22)23/h12-15,17,19,21,24H,1-6,9-11H2,(H,22,23). The van der Waals surface area contributed by atoms with Crippen LogP contribution in [0.4, 0.5) is 0 Å². The van der Waals surface area contributed by atoms with E-state index in [0.717, 1.165) is 25.0 Å². The van der Waals surface area contributed by atoms with E-state index in [9.17, 15) is 15.0 Å². The second kappa shape index (κ2) is 8.20. The van der Waals surface area contributed by atoms with Crippen molar-refractivity contribution in [2.24, 2.45) is 28.8 Å². The Morgan fingerprint density at radius 1 is 1.36 bits per heavy atom. The molecule has 3 aliphatic carbocycles. The van der Waals surface area contributed by atoms with Gasteiger partial charge in [0.25, 0.3) is 0 Å². The van der Waals surface area contributed by atoms with Crippen LogP contribution >= 0.6 is 0 Å². The first-order valence-corrected chi connectivity index (χ1v) is 9.34. The van der Waals surface area contributed by atoms with Gasteiger partial charge in [-0.05, 0) is 43.9 Å². The summed E-state index contributed by atoms with van der Waals surface area (Å²) in [7, 11) is 0. The highest BCUT2D eigenvalue weighted by Crippen LogP contribution is 2.48. The molecule has 3 rings (SSSR count). The molecule has 0 aliphatic heterocycles. The van der Waals surface area contributed by atoms with Crippen LogP contribution < -0.4 is 0 Å². The summed E-state index contributed by atoms with van der Waals surface area (Å²) in [6.45, 7) is 0.298. The van der Waals surface area contributed by atoms with Gasteiger partial charge in [-0.15, -0.1) is 0 Å². The van der Waals surface area contributed by atoms with Gasteiger partial charge in [0.2, 0.25) is 0 Å². The van der Waals surface area contributed by atoms with Crippen molar-refractivity contribution < 1.29 is 25.0 Å². The molecule has 0 spiro atoms. The van der Waals surface area contributed by atoms with Crippen LogP contribution in [0.2, 0.25) is 0 Å². The Bertz CT molecular complexity index is 572. The highest BCUT2D eigenvalue weighted by molar-refractivity contribution is 5.93. The number of carbonyl (C=O) groups is 1. The van der Waals surface area contributed by atoms with Crippen molar-refractivity contribution in [2.75, 3.05) is 6.61 Å². The van der Waals surface area contributed by atoms with Crippen molar-refractivity contribution in [3.63, 3.8) is 0 Å². The van der Waals surface area contributed by atoms with Crippen molar-refractivity contribution in [1.29, 1.82) is 0 Å². The van der Waals surface area contributed by atoms with E-state index >= 15 is 0 Å². The summed E-state index contributed by atoms with van der Waals surface area (Å²) in [5.74, 6) is 5.82. The number of nitrogens with zero attached hydrogens (tertiary/aromatic N) is 1. The number of aliphatic carboxylic acids is 1. The molecule has 0 amide bonds. The highest BCUT2D eigenvalue weighted by atomic mass is 16.6. The van der Waals surface area contributed by atoms with Crippen molar-refractivity contribution in [2.45, 2.75) is 63.6 Å². The van der Waals surface area contributed by atoms with Gasteiger partial charge < -0.3 is 20.2 Å². The largest absolute Gasteiger partial charge is 0.481 e. The Labute approximate surface area is 148 Å². The van der Waals surface area contributed by atoms with E-state index in [4.69, 9.17) is 9.94 Å². The van der Waals surface area contributed by atoms with Gasteiger partial charge >= 0.3 is 5.97 Å². The lowest BCUT2D eigenvalue weighted by molar-refractivity contribution is -0.137. The lowest BCUT2D eigenvalue weighted by atomic mass is 9.73. The van der Waals surface area contributed by atoms with Crippen molar-refractivity contribution in [3.05, 3.63) is 0 Å². The van der Waals surface area contributed by atoms with E-state index in [1.807, 2.05) is 0 Å². The van der Waals surface area contributed by atoms with Crippen LogP contribution in [0.15, 0.2) is 5.16 Å². The third-order valence-corrected chi connectivity index (χ3v) is 5.82. The number of aliphatic hydroxyl groups excluding tert-OH is 2. The molecule has 138 valence electrons. The summed E-state index contributed by atoms with van der Waals surface area (Å²) in [4.78, 5) is 15.6. The molecule has 0 radical (unpaired) electrons. The van der Waals surface area contributed by atoms with Crippen molar-refractivity contribution in [3.8, 4) is 11.8 Å². The molecule has 5 atom stereocenters. The lowest BCUT2D eigenvalue weighted by Crippen LogP contribution is -2.38. The summed E-state index contributed by atoms with van der Waals surface area (Å²) in [5.41, 5.74) is 0.944. The Morgan fingerprint density at radius 2 is 2.12 bits per heavy atom. The quantitative estimate of drug-likeness (QED) is 0.386. The Balaban J connectivity index is 1.46. The monoisotopic (exact) mass is 349 g/mol. The van der Waals surface area contributed by atoms with Gasteiger partial charge in [-0.1, -0.05) is 29.8 Å². The van der Waals surface area contributed by atoms with E-state index in [-0.39, 0.29) is 24.2 Å².